The zero-order valence-corrected chi connectivity index (χ0v) is 17.9. The molecule has 0 unspecified atom stereocenters. The van der Waals surface area contributed by atoms with E-state index >= 15 is 0 Å². The summed E-state index contributed by atoms with van der Waals surface area (Å²) in [4.78, 5) is 18.6. The molecule has 0 aliphatic rings. The van der Waals surface area contributed by atoms with Gasteiger partial charge in [-0.15, -0.1) is 0 Å². The van der Waals surface area contributed by atoms with E-state index in [4.69, 9.17) is 10.2 Å². The van der Waals surface area contributed by atoms with Gasteiger partial charge in [-0.2, -0.15) is 5.10 Å². The van der Waals surface area contributed by atoms with E-state index in [1.54, 1.807) is 43.0 Å². The Labute approximate surface area is 185 Å². The molecule has 4 aromatic rings. The van der Waals surface area contributed by atoms with Crippen molar-refractivity contribution in [3.05, 3.63) is 72.3 Å². The van der Waals surface area contributed by atoms with Crippen LogP contribution in [0.3, 0.4) is 0 Å². The summed E-state index contributed by atoms with van der Waals surface area (Å²) in [5.41, 5.74) is 4.23. The molecule has 0 bridgehead atoms. The minimum Gasteiger partial charge on any atom is -0.396 e. The van der Waals surface area contributed by atoms with Crippen LogP contribution in [0.2, 0.25) is 0 Å². The lowest BCUT2D eigenvalue weighted by atomic mass is 10.0. The van der Waals surface area contributed by atoms with E-state index in [0.29, 0.717) is 30.2 Å². The van der Waals surface area contributed by atoms with Gasteiger partial charge in [-0.1, -0.05) is 6.07 Å². The molecule has 7 nitrogen and oxygen atoms in total. The Hall–Kier alpha value is -3.78. The van der Waals surface area contributed by atoms with Gasteiger partial charge in [-0.05, 0) is 60.5 Å². The van der Waals surface area contributed by atoms with E-state index in [2.05, 4.69) is 10.3 Å². The van der Waals surface area contributed by atoms with Gasteiger partial charge < -0.3 is 15.3 Å². The Kier molecular flexibility index (Phi) is 6.13. The lowest BCUT2D eigenvalue weighted by Crippen LogP contribution is -2.24. The van der Waals surface area contributed by atoms with Crippen molar-refractivity contribution in [2.24, 2.45) is 0 Å². The van der Waals surface area contributed by atoms with Gasteiger partial charge in [0.2, 0.25) is 0 Å². The first-order chi connectivity index (χ1) is 15.5. The highest BCUT2D eigenvalue weighted by molar-refractivity contribution is 5.97. The fourth-order valence-corrected chi connectivity index (χ4v) is 3.53. The number of pyridine rings is 2. The van der Waals surface area contributed by atoms with E-state index in [-0.39, 0.29) is 18.3 Å². The Balaban J connectivity index is 1.93. The van der Waals surface area contributed by atoms with Crippen LogP contribution < -0.4 is 5.32 Å². The molecule has 2 N–H and O–H groups in total. The third-order valence-electron chi connectivity index (χ3n) is 5.09. The van der Waals surface area contributed by atoms with Crippen LogP contribution >= 0.6 is 0 Å². The summed E-state index contributed by atoms with van der Waals surface area (Å²) in [7, 11) is 3.39. The molecule has 0 saturated heterocycles. The fraction of sp³-hybridized carbons (Fsp3) is 0.208. The normalized spacial score (nSPS) is 11.0. The van der Waals surface area contributed by atoms with Crippen molar-refractivity contribution in [2.75, 3.05) is 32.6 Å². The average molecular weight is 433 g/mol. The Morgan fingerprint density at radius 3 is 2.62 bits per heavy atom. The summed E-state index contributed by atoms with van der Waals surface area (Å²) in [6, 6.07) is 15.4. The predicted molar refractivity (Wildman–Crippen MR) is 122 cm³/mol. The van der Waals surface area contributed by atoms with Gasteiger partial charge in [0.1, 0.15) is 23.0 Å². The highest BCUT2D eigenvalue weighted by Gasteiger charge is 2.21. The summed E-state index contributed by atoms with van der Waals surface area (Å²) < 4.78 is 15.2. The van der Waals surface area contributed by atoms with Crippen LogP contribution in [0.4, 0.5) is 10.2 Å². The third kappa shape index (κ3) is 4.17. The van der Waals surface area contributed by atoms with E-state index in [1.165, 1.54) is 17.0 Å². The molecule has 1 aromatic carbocycles. The van der Waals surface area contributed by atoms with E-state index in [1.807, 2.05) is 24.3 Å². The number of fused-ring (bicyclic) bond motifs is 1. The molecule has 0 aliphatic carbocycles. The van der Waals surface area contributed by atoms with Gasteiger partial charge >= 0.3 is 0 Å². The first kappa shape index (κ1) is 21.5. The minimum atomic E-state index is -0.332. The maximum Gasteiger partial charge on any atom is 0.272 e. The summed E-state index contributed by atoms with van der Waals surface area (Å²) in [6.45, 7) is 0.687. The van der Waals surface area contributed by atoms with Crippen molar-refractivity contribution >= 4 is 17.2 Å². The maximum atomic E-state index is 13.6. The summed E-state index contributed by atoms with van der Waals surface area (Å²) in [6.07, 6.45) is 2.31. The van der Waals surface area contributed by atoms with E-state index < -0.39 is 0 Å². The monoisotopic (exact) mass is 433 g/mol. The number of nitrogens with zero attached hydrogens (tertiary/aromatic N) is 4. The number of benzene rings is 1. The van der Waals surface area contributed by atoms with Crippen LogP contribution in [0.15, 0.2) is 60.8 Å². The zero-order chi connectivity index (χ0) is 22.7. The molecule has 1 amide bonds. The molecular weight excluding hydrogens is 409 g/mol. The standard InChI is InChI=1S/C24H24FN5O2/c1-29(2)24(32)20-6-3-5-19-22(17-11-13-27-21(15-17)26-12-4-14-31)23(28-30(19)20)16-7-9-18(25)10-8-16/h3,5-11,13,15,31H,4,12,14H2,1-2H3,(H,26,27). The number of nitrogens with one attached hydrogen (secondary N) is 1. The van der Waals surface area contributed by atoms with E-state index in [9.17, 15) is 9.18 Å². The molecule has 0 radical (unpaired) electrons. The number of hydrogen-bond acceptors (Lipinski definition) is 5. The largest absolute Gasteiger partial charge is 0.396 e. The second-order valence-electron chi connectivity index (χ2n) is 7.57. The number of halogens is 1. The first-order valence-electron chi connectivity index (χ1n) is 10.3. The van der Waals surface area contributed by atoms with E-state index in [0.717, 1.165) is 22.2 Å². The molecule has 3 aromatic heterocycles. The smallest absolute Gasteiger partial charge is 0.272 e. The van der Waals surface area contributed by atoms with Gasteiger partial charge in [0, 0.05) is 44.6 Å². The number of amides is 1. The van der Waals surface area contributed by atoms with Gasteiger partial charge in [0.05, 0.1) is 5.52 Å². The number of carbonyl (C=O) groups is 1. The van der Waals surface area contributed by atoms with Crippen molar-refractivity contribution in [1.82, 2.24) is 19.5 Å². The number of aliphatic hydroxyl groups excluding tert-OH is 1. The van der Waals surface area contributed by atoms with Crippen molar-refractivity contribution in [3.8, 4) is 22.4 Å². The van der Waals surface area contributed by atoms with Gasteiger partial charge in [-0.3, -0.25) is 4.79 Å². The number of carbonyl (C=O) groups excluding carboxylic acids is 1. The molecule has 0 fully saturated rings. The molecule has 0 atom stereocenters. The number of aromatic nitrogens is 3. The molecule has 164 valence electrons. The van der Waals surface area contributed by atoms with Crippen molar-refractivity contribution < 1.29 is 14.3 Å². The summed E-state index contributed by atoms with van der Waals surface area (Å²) in [5.74, 6) is 0.166. The second-order valence-corrected chi connectivity index (χ2v) is 7.57. The maximum absolute atomic E-state index is 13.6. The molecule has 3 heterocycles. The topological polar surface area (TPSA) is 82.8 Å². The molecule has 8 heteroatoms. The highest BCUT2D eigenvalue weighted by atomic mass is 19.1. The molecule has 32 heavy (non-hydrogen) atoms. The van der Waals surface area contributed by atoms with Crippen LogP contribution in [0.25, 0.3) is 27.9 Å². The first-order valence-corrected chi connectivity index (χ1v) is 10.3. The van der Waals surface area contributed by atoms with Gasteiger partial charge in [-0.25, -0.2) is 13.9 Å². The Bertz CT molecular complexity index is 1250. The predicted octanol–water partition coefficient (Wildman–Crippen LogP) is 3.70. The second kappa shape index (κ2) is 9.15. The molecule has 4 rings (SSSR count). The minimum absolute atomic E-state index is 0.0954. The van der Waals surface area contributed by atoms with Crippen LogP contribution in [0, 0.1) is 5.82 Å². The molecular formula is C24H24FN5O2. The summed E-state index contributed by atoms with van der Waals surface area (Å²) in [5, 5.41) is 17.0. The number of rotatable bonds is 7. The highest BCUT2D eigenvalue weighted by Crippen LogP contribution is 2.36. The van der Waals surface area contributed by atoms with Crippen molar-refractivity contribution in [1.29, 1.82) is 0 Å². The zero-order valence-electron chi connectivity index (χ0n) is 17.9. The van der Waals surface area contributed by atoms with Crippen LogP contribution in [0.5, 0.6) is 0 Å². The van der Waals surface area contributed by atoms with Gasteiger partial charge in [0.25, 0.3) is 5.91 Å². The Morgan fingerprint density at radius 1 is 1.12 bits per heavy atom. The molecule has 0 spiro atoms. The molecule has 0 aliphatic heterocycles. The number of hydrogen-bond donors (Lipinski definition) is 2. The number of aliphatic hydroxyl groups is 1. The SMILES string of the molecule is CN(C)C(=O)c1cccc2c(-c3ccnc(NCCCO)c3)c(-c3ccc(F)cc3)nn12. The lowest BCUT2D eigenvalue weighted by molar-refractivity contribution is 0.0819. The fourth-order valence-electron chi connectivity index (χ4n) is 3.53. The molecule has 0 saturated carbocycles. The van der Waals surface area contributed by atoms with Gasteiger partial charge in [0.15, 0.2) is 0 Å². The quantitative estimate of drug-likeness (QED) is 0.434. The summed E-state index contributed by atoms with van der Waals surface area (Å²) >= 11 is 0. The number of anilines is 1. The van der Waals surface area contributed by atoms with Crippen molar-refractivity contribution in [2.45, 2.75) is 6.42 Å². The van der Waals surface area contributed by atoms with Crippen molar-refractivity contribution in [3.63, 3.8) is 0 Å². The van der Waals surface area contributed by atoms with Crippen LogP contribution in [-0.2, 0) is 0 Å². The lowest BCUT2D eigenvalue weighted by Gasteiger charge is -2.11. The van der Waals surface area contributed by atoms with Crippen LogP contribution in [-0.4, -0.2) is 57.8 Å². The van der Waals surface area contributed by atoms with Crippen LogP contribution in [0.1, 0.15) is 16.9 Å². The Morgan fingerprint density at radius 2 is 1.91 bits per heavy atom. The third-order valence-corrected chi connectivity index (χ3v) is 5.09. The average Bonchev–Trinajstić information content (AvgIpc) is 3.19.